The molecule has 0 atom stereocenters. The van der Waals surface area contributed by atoms with E-state index in [4.69, 9.17) is 10.5 Å². The molecule has 4 heteroatoms. The van der Waals surface area contributed by atoms with E-state index in [0.717, 1.165) is 19.5 Å². The highest BCUT2D eigenvalue weighted by atomic mass is 127. The molecule has 0 saturated heterocycles. The van der Waals surface area contributed by atoms with E-state index in [9.17, 15) is 0 Å². The van der Waals surface area contributed by atoms with Gasteiger partial charge in [-0.2, -0.15) is 0 Å². The second kappa shape index (κ2) is 5.05. The molecular formula is C12H9BrINO. The molecule has 0 aliphatic carbocycles. The molecule has 0 aliphatic rings. The van der Waals surface area contributed by atoms with Gasteiger partial charge in [-0.1, -0.05) is 12.1 Å². The molecule has 0 bridgehead atoms. The number of benzene rings is 2. The van der Waals surface area contributed by atoms with E-state index in [0.29, 0.717) is 5.69 Å². The van der Waals surface area contributed by atoms with Crippen LogP contribution in [0.15, 0.2) is 46.9 Å². The lowest BCUT2D eigenvalue weighted by molar-refractivity contribution is 0.476. The lowest BCUT2D eigenvalue weighted by Gasteiger charge is -2.09. The minimum Gasteiger partial charge on any atom is -0.455 e. The Bertz CT molecular complexity index is 516. The van der Waals surface area contributed by atoms with Gasteiger partial charge in [-0.25, -0.2) is 0 Å². The minimum atomic E-state index is 0.710. The number of rotatable bonds is 2. The Balaban J connectivity index is 2.31. The predicted molar refractivity (Wildman–Crippen MR) is 77.8 cm³/mol. The monoisotopic (exact) mass is 389 g/mol. The first-order valence-corrected chi connectivity index (χ1v) is 6.51. The molecule has 2 N–H and O–H groups in total. The first-order valence-electron chi connectivity index (χ1n) is 4.64. The lowest BCUT2D eigenvalue weighted by Crippen LogP contribution is -1.90. The van der Waals surface area contributed by atoms with Gasteiger partial charge in [0.2, 0.25) is 0 Å². The third-order valence-electron chi connectivity index (χ3n) is 2.01. The Morgan fingerprint density at radius 3 is 2.50 bits per heavy atom. The summed E-state index contributed by atoms with van der Waals surface area (Å²) < 4.78 is 7.71. The van der Waals surface area contributed by atoms with Crippen LogP contribution in [0.3, 0.4) is 0 Å². The van der Waals surface area contributed by atoms with Crippen LogP contribution in [0.4, 0.5) is 5.69 Å². The van der Waals surface area contributed by atoms with E-state index in [1.54, 1.807) is 0 Å². The van der Waals surface area contributed by atoms with Crippen LogP contribution in [0, 0.1) is 3.57 Å². The molecule has 2 nitrogen and oxygen atoms in total. The molecule has 0 aromatic heterocycles. The van der Waals surface area contributed by atoms with Crippen LogP contribution < -0.4 is 10.5 Å². The van der Waals surface area contributed by atoms with Crippen LogP contribution in [0.5, 0.6) is 11.5 Å². The van der Waals surface area contributed by atoms with Crippen molar-refractivity contribution in [1.29, 1.82) is 0 Å². The van der Waals surface area contributed by atoms with Crippen LogP contribution in [-0.4, -0.2) is 0 Å². The summed E-state index contributed by atoms with van der Waals surface area (Å²) in [5.41, 5.74) is 6.37. The minimum absolute atomic E-state index is 0.710. The van der Waals surface area contributed by atoms with Gasteiger partial charge in [0, 0.05) is 5.69 Å². The van der Waals surface area contributed by atoms with Crippen molar-refractivity contribution < 1.29 is 4.74 Å². The summed E-state index contributed by atoms with van der Waals surface area (Å²) in [4.78, 5) is 0. The zero-order chi connectivity index (χ0) is 11.5. The van der Waals surface area contributed by atoms with Crippen molar-refractivity contribution in [1.82, 2.24) is 0 Å². The van der Waals surface area contributed by atoms with E-state index in [-0.39, 0.29) is 0 Å². The average Bonchev–Trinajstić information content (AvgIpc) is 2.25. The van der Waals surface area contributed by atoms with Gasteiger partial charge in [-0.05, 0) is 68.9 Å². The van der Waals surface area contributed by atoms with Crippen LogP contribution >= 0.6 is 38.5 Å². The summed E-state index contributed by atoms with van der Waals surface area (Å²) in [5.74, 6) is 1.60. The van der Waals surface area contributed by atoms with Gasteiger partial charge in [0.25, 0.3) is 0 Å². The first kappa shape index (κ1) is 11.7. The quantitative estimate of drug-likeness (QED) is 0.609. The van der Waals surface area contributed by atoms with E-state index in [1.165, 1.54) is 0 Å². The van der Waals surface area contributed by atoms with Crippen molar-refractivity contribution in [3.05, 3.63) is 50.5 Å². The summed E-state index contributed by atoms with van der Waals surface area (Å²) >= 11 is 5.66. The molecule has 0 amide bonds. The van der Waals surface area contributed by atoms with E-state index < -0.39 is 0 Å². The Labute approximate surface area is 116 Å². The number of hydrogen-bond donors (Lipinski definition) is 1. The third-order valence-corrected chi connectivity index (χ3v) is 3.52. The molecule has 16 heavy (non-hydrogen) atoms. The summed E-state index contributed by atoms with van der Waals surface area (Å²) in [6.45, 7) is 0. The standard InChI is InChI=1S/C12H9BrINO/c13-9-7-8(15)5-6-11(9)16-12-4-2-1-3-10(12)14/h1-7H,15H2. The molecule has 0 spiro atoms. The van der Waals surface area contributed by atoms with E-state index in [1.807, 2.05) is 42.5 Å². The largest absolute Gasteiger partial charge is 0.455 e. The van der Waals surface area contributed by atoms with Crippen LogP contribution in [0.25, 0.3) is 0 Å². The smallest absolute Gasteiger partial charge is 0.141 e. The Morgan fingerprint density at radius 2 is 1.81 bits per heavy atom. The number of ether oxygens (including phenoxy) is 1. The van der Waals surface area contributed by atoms with Gasteiger partial charge in [-0.15, -0.1) is 0 Å². The second-order valence-electron chi connectivity index (χ2n) is 3.22. The molecule has 0 aliphatic heterocycles. The van der Waals surface area contributed by atoms with Crippen molar-refractivity contribution in [2.75, 3.05) is 5.73 Å². The SMILES string of the molecule is Nc1ccc(Oc2ccccc2I)c(Br)c1. The van der Waals surface area contributed by atoms with Gasteiger partial charge < -0.3 is 10.5 Å². The van der Waals surface area contributed by atoms with Crippen LogP contribution in [0.2, 0.25) is 0 Å². The second-order valence-corrected chi connectivity index (χ2v) is 5.24. The van der Waals surface area contributed by atoms with Crippen LogP contribution in [-0.2, 0) is 0 Å². The third kappa shape index (κ3) is 2.68. The molecule has 82 valence electrons. The zero-order valence-corrected chi connectivity index (χ0v) is 12.0. The number of nitrogen functional groups attached to an aromatic ring is 1. The first-order chi connectivity index (χ1) is 7.66. The molecule has 0 unspecified atom stereocenters. The molecule has 0 radical (unpaired) electrons. The van der Waals surface area contributed by atoms with E-state index >= 15 is 0 Å². The molecule has 2 aromatic carbocycles. The molecule has 2 rings (SSSR count). The number of para-hydroxylation sites is 1. The summed E-state index contributed by atoms with van der Waals surface area (Å²) in [7, 11) is 0. The van der Waals surface area contributed by atoms with Gasteiger partial charge in [0.05, 0.1) is 8.04 Å². The zero-order valence-electron chi connectivity index (χ0n) is 8.28. The topological polar surface area (TPSA) is 35.2 Å². The number of nitrogens with two attached hydrogens (primary N) is 1. The van der Waals surface area contributed by atoms with Crippen molar-refractivity contribution in [3.63, 3.8) is 0 Å². The molecule has 0 fully saturated rings. The fourth-order valence-corrected chi connectivity index (χ4v) is 2.22. The summed E-state index contributed by atoms with van der Waals surface area (Å²) in [5, 5.41) is 0. The van der Waals surface area contributed by atoms with Gasteiger partial charge in [0.1, 0.15) is 11.5 Å². The molecule has 0 heterocycles. The maximum absolute atomic E-state index is 5.78. The van der Waals surface area contributed by atoms with Crippen LogP contribution in [0.1, 0.15) is 0 Å². The highest BCUT2D eigenvalue weighted by Crippen LogP contribution is 2.33. The van der Waals surface area contributed by atoms with Gasteiger partial charge >= 0.3 is 0 Å². The maximum Gasteiger partial charge on any atom is 0.141 e. The Morgan fingerprint density at radius 1 is 1.06 bits per heavy atom. The maximum atomic E-state index is 5.78. The number of halogens is 2. The molecule has 0 saturated carbocycles. The average molecular weight is 390 g/mol. The lowest BCUT2D eigenvalue weighted by atomic mass is 10.3. The fraction of sp³-hybridized carbons (Fsp3) is 0. The highest BCUT2D eigenvalue weighted by molar-refractivity contribution is 14.1. The van der Waals surface area contributed by atoms with Crippen molar-refractivity contribution in [2.45, 2.75) is 0 Å². The van der Waals surface area contributed by atoms with Gasteiger partial charge in [-0.3, -0.25) is 0 Å². The predicted octanol–water partition coefficient (Wildman–Crippen LogP) is 4.43. The molecule has 2 aromatic rings. The van der Waals surface area contributed by atoms with Crippen molar-refractivity contribution in [3.8, 4) is 11.5 Å². The number of anilines is 1. The summed E-state index contributed by atoms with van der Waals surface area (Å²) in [6, 6.07) is 13.4. The molecular weight excluding hydrogens is 381 g/mol. The Kier molecular flexibility index (Phi) is 3.70. The number of hydrogen-bond acceptors (Lipinski definition) is 2. The Hall–Kier alpha value is -0.750. The van der Waals surface area contributed by atoms with Crippen molar-refractivity contribution >= 4 is 44.2 Å². The fourth-order valence-electron chi connectivity index (χ4n) is 1.25. The van der Waals surface area contributed by atoms with Crippen molar-refractivity contribution in [2.24, 2.45) is 0 Å². The van der Waals surface area contributed by atoms with E-state index in [2.05, 4.69) is 38.5 Å². The highest BCUT2D eigenvalue weighted by Gasteiger charge is 2.05. The normalized spacial score (nSPS) is 10.1. The summed E-state index contributed by atoms with van der Waals surface area (Å²) in [6.07, 6.45) is 0. The van der Waals surface area contributed by atoms with Gasteiger partial charge in [0.15, 0.2) is 0 Å².